The fourth-order valence-electron chi connectivity index (χ4n) is 2.17. The van der Waals surface area contributed by atoms with Crippen LogP contribution in [0.4, 0.5) is 4.39 Å². The first-order valence-electron chi connectivity index (χ1n) is 5.89. The second-order valence-electron chi connectivity index (χ2n) is 4.48. The molecule has 8 heteroatoms. The molecule has 20 heavy (non-hydrogen) atoms. The minimum atomic E-state index is -3.99. The Labute approximate surface area is 115 Å². The van der Waals surface area contributed by atoms with E-state index in [0.717, 1.165) is 28.6 Å². The van der Waals surface area contributed by atoms with Gasteiger partial charge in [-0.05, 0) is 24.3 Å². The predicted molar refractivity (Wildman–Crippen MR) is 67.1 cm³/mol. The summed E-state index contributed by atoms with van der Waals surface area (Å²) in [6.45, 7) is -0.0345. The van der Waals surface area contributed by atoms with Crippen molar-refractivity contribution in [2.45, 2.75) is 23.5 Å². The number of hydrogen-bond donors (Lipinski definition) is 1. The van der Waals surface area contributed by atoms with Crippen molar-refractivity contribution >= 4 is 16.0 Å². The average Bonchev–Trinajstić information content (AvgIpc) is 2.84. The maximum Gasteiger partial charge on any atom is 0.322 e. The number of carbonyl (C=O) groups is 1. The van der Waals surface area contributed by atoms with E-state index in [-0.39, 0.29) is 17.9 Å². The van der Waals surface area contributed by atoms with Crippen LogP contribution in [-0.4, -0.2) is 49.6 Å². The molecular weight excluding hydrogens is 289 g/mol. The quantitative estimate of drug-likeness (QED) is 0.884. The maximum atomic E-state index is 12.9. The van der Waals surface area contributed by atoms with Crippen LogP contribution in [0.25, 0.3) is 0 Å². The van der Waals surface area contributed by atoms with Crippen LogP contribution in [0.1, 0.15) is 6.42 Å². The van der Waals surface area contributed by atoms with E-state index in [1.165, 1.54) is 7.11 Å². The second kappa shape index (κ2) is 5.47. The number of benzene rings is 1. The van der Waals surface area contributed by atoms with Crippen molar-refractivity contribution < 1.29 is 27.4 Å². The number of sulfonamides is 1. The third kappa shape index (κ3) is 2.67. The molecule has 0 aliphatic carbocycles. The van der Waals surface area contributed by atoms with E-state index in [4.69, 9.17) is 9.84 Å². The molecule has 1 aliphatic heterocycles. The van der Waals surface area contributed by atoms with Crippen molar-refractivity contribution in [3.8, 4) is 0 Å². The monoisotopic (exact) mass is 303 g/mol. The Morgan fingerprint density at radius 2 is 2.00 bits per heavy atom. The maximum absolute atomic E-state index is 12.9. The van der Waals surface area contributed by atoms with E-state index >= 15 is 0 Å². The highest BCUT2D eigenvalue weighted by atomic mass is 32.2. The molecule has 1 aromatic rings. The number of rotatable bonds is 4. The molecule has 1 heterocycles. The Kier molecular flexibility index (Phi) is 4.07. The van der Waals surface area contributed by atoms with Gasteiger partial charge in [0.15, 0.2) is 0 Å². The fraction of sp³-hybridized carbons (Fsp3) is 0.417. The van der Waals surface area contributed by atoms with E-state index < -0.39 is 34.0 Å². The number of carboxylic acid groups (broad SMARTS) is 1. The number of halogens is 1. The summed E-state index contributed by atoms with van der Waals surface area (Å²) in [4.78, 5) is 11.0. The van der Waals surface area contributed by atoms with Gasteiger partial charge in [-0.2, -0.15) is 4.31 Å². The fourth-order valence-corrected chi connectivity index (χ4v) is 3.80. The predicted octanol–water partition coefficient (Wildman–Crippen LogP) is 0.688. The van der Waals surface area contributed by atoms with Crippen molar-refractivity contribution in [1.82, 2.24) is 4.31 Å². The summed E-state index contributed by atoms with van der Waals surface area (Å²) in [5.41, 5.74) is 0. The third-order valence-electron chi connectivity index (χ3n) is 3.26. The van der Waals surface area contributed by atoms with Crippen molar-refractivity contribution in [2.75, 3.05) is 13.7 Å². The molecule has 1 aromatic carbocycles. The Hall–Kier alpha value is -1.51. The molecule has 0 amide bonds. The first kappa shape index (κ1) is 14.9. The highest BCUT2D eigenvalue weighted by Gasteiger charge is 2.44. The van der Waals surface area contributed by atoms with Crippen LogP contribution in [0.15, 0.2) is 29.2 Å². The number of hydrogen-bond acceptors (Lipinski definition) is 4. The topological polar surface area (TPSA) is 83.9 Å². The van der Waals surface area contributed by atoms with Gasteiger partial charge in [0.05, 0.1) is 11.0 Å². The molecule has 2 atom stereocenters. The molecule has 110 valence electrons. The van der Waals surface area contributed by atoms with Crippen LogP contribution in [0.2, 0.25) is 0 Å². The number of ether oxygens (including phenoxy) is 1. The molecular formula is C12H14FNO5S. The number of methoxy groups -OCH3 is 1. The Morgan fingerprint density at radius 3 is 2.50 bits per heavy atom. The van der Waals surface area contributed by atoms with Crippen molar-refractivity contribution in [3.63, 3.8) is 0 Å². The molecule has 0 bridgehead atoms. The Morgan fingerprint density at radius 1 is 1.40 bits per heavy atom. The van der Waals surface area contributed by atoms with Crippen molar-refractivity contribution in [3.05, 3.63) is 30.1 Å². The molecule has 0 spiro atoms. The SMILES string of the molecule is COC1CC(C(=O)O)N(S(=O)(=O)c2ccc(F)cc2)C1. The van der Waals surface area contributed by atoms with Gasteiger partial charge in [-0.15, -0.1) is 0 Å². The zero-order chi connectivity index (χ0) is 14.9. The Bertz CT molecular complexity index is 601. The smallest absolute Gasteiger partial charge is 0.322 e. The van der Waals surface area contributed by atoms with E-state index in [9.17, 15) is 17.6 Å². The van der Waals surface area contributed by atoms with Crippen LogP contribution in [0.3, 0.4) is 0 Å². The summed E-state index contributed by atoms with van der Waals surface area (Å²) in [7, 11) is -2.59. The molecule has 0 saturated carbocycles. The van der Waals surface area contributed by atoms with Crippen LogP contribution in [0.5, 0.6) is 0 Å². The molecule has 1 saturated heterocycles. The molecule has 1 aliphatic rings. The number of nitrogens with zero attached hydrogens (tertiary/aromatic N) is 1. The lowest BCUT2D eigenvalue weighted by Gasteiger charge is -2.20. The van der Waals surface area contributed by atoms with E-state index in [1.54, 1.807) is 0 Å². The van der Waals surface area contributed by atoms with Gasteiger partial charge in [0.2, 0.25) is 10.0 Å². The van der Waals surface area contributed by atoms with Gasteiger partial charge >= 0.3 is 5.97 Å². The van der Waals surface area contributed by atoms with Crippen LogP contribution in [-0.2, 0) is 19.6 Å². The van der Waals surface area contributed by atoms with Gasteiger partial charge < -0.3 is 9.84 Å². The normalized spacial score (nSPS) is 23.9. The first-order valence-corrected chi connectivity index (χ1v) is 7.33. The molecule has 1 N–H and O–H groups in total. The summed E-state index contributed by atoms with van der Waals surface area (Å²) < 4.78 is 43.6. The lowest BCUT2D eigenvalue weighted by molar-refractivity contribution is -0.140. The molecule has 2 rings (SSSR count). The summed E-state index contributed by atoms with van der Waals surface area (Å²) in [5.74, 6) is -1.79. The molecule has 2 unspecified atom stereocenters. The lowest BCUT2D eigenvalue weighted by atomic mass is 10.2. The minimum absolute atomic E-state index is 0.0345. The average molecular weight is 303 g/mol. The van der Waals surface area contributed by atoms with Gasteiger partial charge in [0.25, 0.3) is 0 Å². The van der Waals surface area contributed by atoms with E-state index in [0.29, 0.717) is 0 Å². The van der Waals surface area contributed by atoms with Crippen LogP contribution in [0, 0.1) is 5.82 Å². The molecule has 1 fully saturated rings. The first-order chi connectivity index (χ1) is 9.36. The Balaban J connectivity index is 2.37. The number of carboxylic acids is 1. The van der Waals surface area contributed by atoms with Gasteiger partial charge in [-0.25, -0.2) is 12.8 Å². The zero-order valence-electron chi connectivity index (χ0n) is 10.7. The molecule has 0 aromatic heterocycles. The minimum Gasteiger partial charge on any atom is -0.480 e. The van der Waals surface area contributed by atoms with Crippen molar-refractivity contribution in [2.24, 2.45) is 0 Å². The summed E-state index contributed by atoms with van der Waals surface area (Å²) in [6, 6.07) is 3.10. The standard InChI is InChI=1S/C12H14FNO5S/c1-19-9-6-11(12(15)16)14(7-9)20(17,18)10-4-2-8(13)3-5-10/h2-5,9,11H,6-7H2,1H3,(H,15,16). The van der Waals surface area contributed by atoms with Gasteiger partial charge in [-0.3, -0.25) is 4.79 Å². The largest absolute Gasteiger partial charge is 0.480 e. The lowest BCUT2D eigenvalue weighted by Crippen LogP contribution is -2.40. The highest BCUT2D eigenvalue weighted by molar-refractivity contribution is 7.89. The van der Waals surface area contributed by atoms with Crippen LogP contribution < -0.4 is 0 Å². The van der Waals surface area contributed by atoms with Gasteiger partial charge in [-0.1, -0.05) is 0 Å². The van der Waals surface area contributed by atoms with Gasteiger partial charge in [0, 0.05) is 20.1 Å². The zero-order valence-corrected chi connectivity index (χ0v) is 11.5. The second-order valence-corrected chi connectivity index (χ2v) is 6.37. The third-order valence-corrected chi connectivity index (χ3v) is 5.14. The van der Waals surface area contributed by atoms with E-state index in [1.807, 2.05) is 0 Å². The van der Waals surface area contributed by atoms with E-state index in [2.05, 4.69) is 0 Å². The summed E-state index contributed by atoms with van der Waals surface area (Å²) in [5, 5.41) is 9.13. The van der Waals surface area contributed by atoms with Crippen molar-refractivity contribution in [1.29, 1.82) is 0 Å². The molecule has 0 radical (unpaired) electrons. The van der Waals surface area contributed by atoms with Crippen LogP contribution >= 0.6 is 0 Å². The molecule has 6 nitrogen and oxygen atoms in total. The number of aliphatic carboxylic acids is 1. The summed E-state index contributed by atoms with van der Waals surface area (Å²) >= 11 is 0. The van der Waals surface area contributed by atoms with Gasteiger partial charge in [0.1, 0.15) is 11.9 Å². The summed E-state index contributed by atoms with van der Waals surface area (Å²) in [6.07, 6.45) is -0.377. The highest BCUT2D eigenvalue weighted by Crippen LogP contribution is 2.27.